The molecule has 1 saturated heterocycles. The molecule has 6 heteroatoms. The van der Waals surface area contributed by atoms with Crippen molar-refractivity contribution in [3.63, 3.8) is 0 Å². The van der Waals surface area contributed by atoms with E-state index in [2.05, 4.69) is 10.3 Å². The molecule has 1 aromatic rings. The van der Waals surface area contributed by atoms with Gasteiger partial charge in [0.25, 0.3) is 0 Å². The lowest BCUT2D eigenvalue weighted by Gasteiger charge is -2.17. The zero-order chi connectivity index (χ0) is 11.5. The number of hydrogen-bond acceptors (Lipinski definition) is 5. The number of carbonyl (C=O) groups is 2. The molecule has 2 rings (SSSR count). The van der Waals surface area contributed by atoms with Crippen molar-refractivity contribution in [2.75, 3.05) is 24.5 Å². The minimum atomic E-state index is -0.0217. The van der Waals surface area contributed by atoms with Gasteiger partial charge < -0.3 is 10.2 Å². The molecule has 0 spiro atoms. The summed E-state index contributed by atoms with van der Waals surface area (Å²) in [7, 11) is 0. The third-order valence-corrected chi connectivity index (χ3v) is 3.34. The normalized spacial score (nSPS) is 16.8. The average molecular weight is 239 g/mol. The highest BCUT2D eigenvalue weighted by molar-refractivity contribution is 7.13. The van der Waals surface area contributed by atoms with Crippen LogP contribution in [0, 0.1) is 0 Å². The van der Waals surface area contributed by atoms with Crippen LogP contribution >= 0.6 is 11.3 Å². The van der Waals surface area contributed by atoms with Crippen molar-refractivity contribution in [3.8, 4) is 0 Å². The molecular formula is C10H13N3O2S. The molecule has 0 aromatic carbocycles. The van der Waals surface area contributed by atoms with E-state index in [4.69, 9.17) is 0 Å². The van der Waals surface area contributed by atoms with Crippen molar-refractivity contribution in [1.82, 2.24) is 10.3 Å². The second kappa shape index (κ2) is 4.61. The lowest BCUT2D eigenvalue weighted by molar-refractivity contribution is -0.120. The Morgan fingerprint density at radius 2 is 2.38 bits per heavy atom. The zero-order valence-corrected chi connectivity index (χ0v) is 9.84. The van der Waals surface area contributed by atoms with Crippen LogP contribution in [-0.4, -0.2) is 36.3 Å². The summed E-state index contributed by atoms with van der Waals surface area (Å²) in [4.78, 5) is 28.6. The van der Waals surface area contributed by atoms with Crippen LogP contribution < -0.4 is 10.2 Å². The summed E-state index contributed by atoms with van der Waals surface area (Å²) in [6, 6.07) is 0. The number of nitrogens with zero attached hydrogens (tertiary/aromatic N) is 2. The molecule has 2 heterocycles. The number of carbonyl (C=O) groups excluding carboxylic acids is 2. The molecule has 1 aromatic heterocycles. The minimum absolute atomic E-state index is 0.0217. The molecule has 1 fully saturated rings. The van der Waals surface area contributed by atoms with E-state index < -0.39 is 0 Å². The van der Waals surface area contributed by atoms with Gasteiger partial charge in [0, 0.05) is 38.4 Å². The Labute approximate surface area is 97.5 Å². The fraction of sp³-hybridized carbons (Fsp3) is 0.500. The van der Waals surface area contributed by atoms with Gasteiger partial charge in [-0.25, -0.2) is 4.98 Å². The summed E-state index contributed by atoms with van der Waals surface area (Å²) < 4.78 is 0. The molecule has 1 amide bonds. The fourth-order valence-electron chi connectivity index (χ4n) is 1.53. The van der Waals surface area contributed by atoms with Gasteiger partial charge in [-0.05, 0) is 0 Å². The van der Waals surface area contributed by atoms with Gasteiger partial charge in [0.1, 0.15) is 5.69 Å². The maximum Gasteiger partial charge on any atom is 0.221 e. The van der Waals surface area contributed by atoms with Crippen molar-refractivity contribution in [3.05, 3.63) is 11.1 Å². The first-order valence-corrected chi connectivity index (χ1v) is 6.03. The Hall–Kier alpha value is -1.43. The van der Waals surface area contributed by atoms with Gasteiger partial charge >= 0.3 is 0 Å². The number of ketones is 1. The van der Waals surface area contributed by atoms with Gasteiger partial charge in [-0.2, -0.15) is 0 Å². The second-order valence-corrected chi connectivity index (χ2v) is 4.50. The molecule has 1 aliphatic heterocycles. The molecule has 0 atom stereocenters. The van der Waals surface area contributed by atoms with E-state index in [1.165, 1.54) is 18.3 Å². The van der Waals surface area contributed by atoms with Crippen LogP contribution in [0.25, 0.3) is 0 Å². The SMILES string of the molecule is CC(=O)c1csc(N2CCNC(=O)CC2)n1. The van der Waals surface area contributed by atoms with Gasteiger partial charge in [-0.3, -0.25) is 9.59 Å². The number of thiazole rings is 1. The summed E-state index contributed by atoms with van der Waals surface area (Å²) in [5, 5.41) is 5.39. The van der Waals surface area contributed by atoms with Crippen LogP contribution in [0.15, 0.2) is 5.38 Å². The lowest BCUT2D eigenvalue weighted by atomic mass is 10.3. The van der Waals surface area contributed by atoms with Gasteiger partial charge in [-0.1, -0.05) is 0 Å². The molecule has 0 unspecified atom stereocenters. The Morgan fingerprint density at radius 1 is 1.56 bits per heavy atom. The molecule has 0 aliphatic carbocycles. The largest absolute Gasteiger partial charge is 0.354 e. The Balaban J connectivity index is 2.10. The molecule has 1 aliphatic rings. The van der Waals surface area contributed by atoms with Crippen LogP contribution in [0.2, 0.25) is 0 Å². The second-order valence-electron chi connectivity index (χ2n) is 3.66. The molecule has 1 N–H and O–H groups in total. The highest BCUT2D eigenvalue weighted by Crippen LogP contribution is 2.21. The first kappa shape index (κ1) is 11.1. The van der Waals surface area contributed by atoms with E-state index in [0.717, 1.165) is 11.7 Å². The number of amides is 1. The maximum absolute atomic E-state index is 11.2. The van der Waals surface area contributed by atoms with E-state index in [9.17, 15) is 9.59 Å². The fourth-order valence-corrected chi connectivity index (χ4v) is 2.45. The van der Waals surface area contributed by atoms with Crippen LogP contribution in [0.1, 0.15) is 23.8 Å². The summed E-state index contributed by atoms with van der Waals surface area (Å²) in [6.45, 7) is 3.55. The van der Waals surface area contributed by atoms with E-state index in [-0.39, 0.29) is 11.7 Å². The van der Waals surface area contributed by atoms with Gasteiger partial charge in [-0.15, -0.1) is 11.3 Å². The van der Waals surface area contributed by atoms with Gasteiger partial charge in [0.15, 0.2) is 10.9 Å². The van der Waals surface area contributed by atoms with E-state index in [1.54, 1.807) is 5.38 Å². The van der Waals surface area contributed by atoms with Crippen molar-refractivity contribution in [2.24, 2.45) is 0 Å². The first-order chi connectivity index (χ1) is 7.66. The van der Waals surface area contributed by atoms with Crippen LogP contribution in [0.5, 0.6) is 0 Å². The van der Waals surface area contributed by atoms with Crippen molar-refractivity contribution < 1.29 is 9.59 Å². The summed E-state index contributed by atoms with van der Waals surface area (Å²) in [5.41, 5.74) is 0.503. The molecule has 0 saturated carbocycles. The predicted molar refractivity (Wildman–Crippen MR) is 62.0 cm³/mol. The average Bonchev–Trinajstić information content (AvgIpc) is 2.63. The zero-order valence-electron chi connectivity index (χ0n) is 9.02. The van der Waals surface area contributed by atoms with Crippen molar-refractivity contribution in [2.45, 2.75) is 13.3 Å². The molecule has 5 nitrogen and oxygen atoms in total. The quantitative estimate of drug-likeness (QED) is 0.771. The Morgan fingerprint density at radius 3 is 3.06 bits per heavy atom. The van der Waals surface area contributed by atoms with Gasteiger partial charge in [0.05, 0.1) is 0 Å². The Bertz CT molecular complexity index is 416. The number of rotatable bonds is 2. The van der Waals surface area contributed by atoms with Crippen LogP contribution in [0.3, 0.4) is 0 Å². The van der Waals surface area contributed by atoms with E-state index in [0.29, 0.717) is 25.2 Å². The molecule has 0 bridgehead atoms. The van der Waals surface area contributed by atoms with Crippen LogP contribution in [0.4, 0.5) is 5.13 Å². The molecule has 0 radical (unpaired) electrons. The summed E-state index contributed by atoms with van der Waals surface area (Å²) >= 11 is 1.45. The minimum Gasteiger partial charge on any atom is -0.354 e. The number of anilines is 1. The Kier molecular flexibility index (Phi) is 3.19. The maximum atomic E-state index is 11.2. The number of hydrogen-bond donors (Lipinski definition) is 1. The van der Waals surface area contributed by atoms with Gasteiger partial charge in [0.2, 0.25) is 5.91 Å². The van der Waals surface area contributed by atoms with E-state index in [1.807, 2.05) is 4.90 Å². The molecule has 16 heavy (non-hydrogen) atoms. The monoisotopic (exact) mass is 239 g/mol. The standard InChI is InChI=1S/C10H13N3O2S/c1-7(14)8-6-16-10(12-8)13-4-2-9(15)11-3-5-13/h6H,2-5H2,1H3,(H,11,15). The predicted octanol–water partition coefficient (Wildman–Crippen LogP) is 0.672. The third kappa shape index (κ3) is 2.38. The summed E-state index contributed by atoms with van der Waals surface area (Å²) in [6.07, 6.45) is 0.481. The van der Waals surface area contributed by atoms with Crippen molar-refractivity contribution >= 4 is 28.2 Å². The summed E-state index contributed by atoms with van der Waals surface area (Å²) in [5.74, 6) is 0.0531. The smallest absolute Gasteiger partial charge is 0.221 e. The lowest BCUT2D eigenvalue weighted by Crippen LogP contribution is -2.28. The van der Waals surface area contributed by atoms with Crippen LogP contribution in [-0.2, 0) is 4.79 Å². The molecule has 86 valence electrons. The van der Waals surface area contributed by atoms with Crippen molar-refractivity contribution in [1.29, 1.82) is 0 Å². The first-order valence-electron chi connectivity index (χ1n) is 5.15. The highest BCUT2D eigenvalue weighted by atomic mass is 32.1. The number of nitrogens with one attached hydrogen (secondary N) is 1. The number of Topliss-reactive ketones (excluding diaryl/α,β-unsaturated/α-hetero) is 1. The topological polar surface area (TPSA) is 62.3 Å². The third-order valence-electron chi connectivity index (χ3n) is 2.44. The number of aromatic nitrogens is 1. The molecular weight excluding hydrogens is 226 g/mol. The van der Waals surface area contributed by atoms with E-state index >= 15 is 0 Å². The highest BCUT2D eigenvalue weighted by Gasteiger charge is 2.17.